The minimum absolute atomic E-state index is 0.0424. The number of unbranched alkanes of at least 4 members (excludes halogenated alkanes) is 2. The maximum absolute atomic E-state index is 13.5. The summed E-state index contributed by atoms with van der Waals surface area (Å²) in [5.41, 5.74) is 2.43. The summed E-state index contributed by atoms with van der Waals surface area (Å²) in [6, 6.07) is 41.4. The highest BCUT2D eigenvalue weighted by Gasteiger charge is 2.23. The molecule has 0 spiro atoms. The Labute approximate surface area is 363 Å². The van der Waals surface area contributed by atoms with Crippen LogP contribution in [0.15, 0.2) is 127 Å². The molecule has 0 saturated carbocycles. The first-order valence-electron chi connectivity index (χ1n) is 21.7. The quantitative estimate of drug-likeness (QED) is 0.0543. The number of aryl methyl sites for hydroxylation is 1. The monoisotopic (exact) mass is 836 g/mol. The van der Waals surface area contributed by atoms with Gasteiger partial charge in [0.25, 0.3) is 0 Å². The van der Waals surface area contributed by atoms with E-state index in [9.17, 15) is 9.59 Å². The van der Waals surface area contributed by atoms with Crippen LogP contribution in [0.4, 0.5) is 21.0 Å². The Morgan fingerprint density at radius 1 is 0.484 bits per heavy atom. The van der Waals surface area contributed by atoms with Crippen molar-refractivity contribution in [3.63, 3.8) is 0 Å². The predicted octanol–water partition coefficient (Wildman–Crippen LogP) is 12.5. The van der Waals surface area contributed by atoms with Gasteiger partial charge in [0, 0.05) is 45.5 Å². The Morgan fingerprint density at radius 3 is 1.40 bits per heavy atom. The van der Waals surface area contributed by atoms with E-state index in [-0.39, 0.29) is 26.4 Å². The second-order valence-corrected chi connectivity index (χ2v) is 15.3. The summed E-state index contributed by atoms with van der Waals surface area (Å²) in [6.45, 7) is 7.80. The van der Waals surface area contributed by atoms with Gasteiger partial charge in [-0.05, 0) is 53.8 Å². The molecular weight excluding hydrogens is 781 g/mol. The van der Waals surface area contributed by atoms with Gasteiger partial charge in [-0.15, -0.1) is 0 Å². The van der Waals surface area contributed by atoms with Gasteiger partial charge >= 0.3 is 12.2 Å². The zero-order valence-corrected chi connectivity index (χ0v) is 35.8. The molecule has 0 saturated heterocycles. The molecule has 322 valence electrons. The van der Waals surface area contributed by atoms with Gasteiger partial charge < -0.3 is 28.4 Å². The lowest BCUT2D eigenvalue weighted by atomic mass is 9.98. The highest BCUT2D eigenvalue weighted by Crippen LogP contribution is 2.43. The fraction of sp³-hybridized carbons (Fsp3) is 0.308. The molecule has 0 aliphatic carbocycles. The summed E-state index contributed by atoms with van der Waals surface area (Å²) < 4.78 is 37.4. The summed E-state index contributed by atoms with van der Waals surface area (Å²) in [5, 5.41) is 13.0. The topological polar surface area (TPSA) is 114 Å². The minimum Gasteiger partial charge on any atom is -0.488 e. The molecule has 7 aromatic carbocycles. The Morgan fingerprint density at radius 2 is 0.919 bits per heavy atom. The molecular formula is C52H56N2O8. The van der Waals surface area contributed by atoms with Gasteiger partial charge in [-0.2, -0.15) is 0 Å². The Hall–Kier alpha value is -6.36. The first-order chi connectivity index (χ1) is 30.4. The van der Waals surface area contributed by atoms with Crippen LogP contribution in [0.3, 0.4) is 0 Å². The molecule has 62 heavy (non-hydrogen) atoms. The molecule has 10 heteroatoms. The highest BCUT2D eigenvalue weighted by atomic mass is 16.6. The molecule has 2 unspecified atom stereocenters. The van der Waals surface area contributed by atoms with E-state index in [1.165, 1.54) is 0 Å². The Balaban J connectivity index is 1.14. The SMILES string of the molecule is CCCCOCC(COc1c2ccccc2c(OCC(COCCCC)OC(=O)Nc2cccc3ccccc23)c2cc(CC)ccc12)OC(=O)Nc1cccc2ccccc12. The number of benzene rings is 7. The van der Waals surface area contributed by atoms with Crippen LogP contribution < -0.4 is 20.1 Å². The molecule has 7 rings (SSSR count). The van der Waals surface area contributed by atoms with E-state index in [2.05, 4.69) is 43.5 Å². The molecule has 0 aromatic heterocycles. The van der Waals surface area contributed by atoms with Gasteiger partial charge in [0.1, 0.15) is 24.7 Å². The number of hydrogen-bond acceptors (Lipinski definition) is 8. The van der Waals surface area contributed by atoms with Crippen molar-refractivity contribution in [1.29, 1.82) is 0 Å². The predicted molar refractivity (Wildman–Crippen MR) is 249 cm³/mol. The van der Waals surface area contributed by atoms with Crippen LogP contribution in [0.1, 0.15) is 52.0 Å². The molecule has 0 bridgehead atoms. The lowest BCUT2D eigenvalue weighted by Crippen LogP contribution is -2.32. The molecule has 0 radical (unpaired) electrons. The van der Waals surface area contributed by atoms with Gasteiger partial charge in [0.2, 0.25) is 0 Å². The van der Waals surface area contributed by atoms with E-state index in [1.54, 1.807) is 0 Å². The van der Waals surface area contributed by atoms with Gasteiger partial charge in [0.15, 0.2) is 12.2 Å². The van der Waals surface area contributed by atoms with Gasteiger partial charge in [-0.25, -0.2) is 9.59 Å². The van der Waals surface area contributed by atoms with E-state index in [0.717, 1.165) is 80.8 Å². The summed E-state index contributed by atoms with van der Waals surface area (Å²) in [4.78, 5) is 26.9. The third-order valence-electron chi connectivity index (χ3n) is 10.7. The highest BCUT2D eigenvalue weighted by molar-refractivity contribution is 6.11. The van der Waals surface area contributed by atoms with Crippen LogP contribution in [0.2, 0.25) is 0 Å². The van der Waals surface area contributed by atoms with Crippen molar-refractivity contribution in [3.8, 4) is 11.5 Å². The maximum atomic E-state index is 13.5. The molecule has 2 N–H and O–H groups in total. The molecule has 10 nitrogen and oxygen atoms in total. The van der Waals surface area contributed by atoms with E-state index < -0.39 is 24.4 Å². The largest absolute Gasteiger partial charge is 0.488 e. The van der Waals surface area contributed by atoms with E-state index in [4.69, 9.17) is 28.4 Å². The fourth-order valence-corrected chi connectivity index (χ4v) is 7.44. The Bertz CT molecular complexity index is 2580. The van der Waals surface area contributed by atoms with Crippen LogP contribution in [-0.4, -0.2) is 64.0 Å². The first-order valence-corrected chi connectivity index (χ1v) is 21.7. The van der Waals surface area contributed by atoms with E-state index in [1.807, 2.05) is 115 Å². The third kappa shape index (κ3) is 11.1. The number of anilines is 2. The van der Waals surface area contributed by atoms with Crippen molar-refractivity contribution in [2.75, 3.05) is 50.3 Å². The number of ether oxygens (including phenoxy) is 6. The Kier molecular flexibility index (Phi) is 15.5. The van der Waals surface area contributed by atoms with Crippen LogP contribution in [0, 0.1) is 0 Å². The van der Waals surface area contributed by atoms with E-state index in [0.29, 0.717) is 36.1 Å². The van der Waals surface area contributed by atoms with E-state index >= 15 is 0 Å². The fourth-order valence-electron chi connectivity index (χ4n) is 7.44. The van der Waals surface area contributed by atoms with Gasteiger partial charge in [0.05, 0.1) is 24.6 Å². The second kappa shape index (κ2) is 21.9. The summed E-state index contributed by atoms with van der Waals surface area (Å²) in [7, 11) is 0. The number of hydrogen-bond donors (Lipinski definition) is 2. The van der Waals surface area contributed by atoms with Crippen molar-refractivity contribution < 1.29 is 38.0 Å². The number of carbonyl (C=O) groups excluding carboxylic acids is 2. The average molecular weight is 837 g/mol. The molecule has 0 fully saturated rings. The average Bonchev–Trinajstić information content (AvgIpc) is 3.30. The molecule has 7 aromatic rings. The number of rotatable bonds is 21. The molecule has 0 aliphatic rings. The van der Waals surface area contributed by atoms with Crippen LogP contribution in [0.5, 0.6) is 11.5 Å². The van der Waals surface area contributed by atoms with Crippen molar-refractivity contribution in [3.05, 3.63) is 133 Å². The summed E-state index contributed by atoms with van der Waals surface area (Å²) in [5.74, 6) is 1.27. The lowest BCUT2D eigenvalue weighted by Gasteiger charge is -2.23. The first kappa shape index (κ1) is 43.7. The van der Waals surface area contributed by atoms with Crippen LogP contribution in [0.25, 0.3) is 43.1 Å². The van der Waals surface area contributed by atoms with Crippen molar-refractivity contribution >= 4 is 66.7 Å². The standard InChI is InChI=1S/C52H56N2O8/c1-4-7-29-57-32-39(61-51(55)53-47-25-15-19-37-17-9-11-21-41(37)47)34-59-49-43-23-13-14-24-44(43)50(46-31-36(6-3)27-28-45(46)49)60-35-40(33-58-30-8-5-2)62-52(56)54-48-26-16-20-38-18-10-12-22-42(38)48/h9-28,31,39-40H,4-8,29-30,32-35H2,1-3H3,(H,53,55)(H,54,56). The maximum Gasteiger partial charge on any atom is 0.412 e. The van der Waals surface area contributed by atoms with Crippen LogP contribution in [-0.2, 0) is 25.4 Å². The number of fused-ring (bicyclic) bond motifs is 4. The molecule has 0 heterocycles. The van der Waals surface area contributed by atoms with Crippen molar-refractivity contribution in [2.45, 2.75) is 65.1 Å². The normalized spacial score (nSPS) is 12.3. The number of amides is 2. The van der Waals surface area contributed by atoms with Gasteiger partial charge in [-0.1, -0.05) is 143 Å². The van der Waals surface area contributed by atoms with Crippen molar-refractivity contribution in [1.82, 2.24) is 0 Å². The zero-order chi connectivity index (χ0) is 43.1. The van der Waals surface area contributed by atoms with Crippen molar-refractivity contribution in [2.24, 2.45) is 0 Å². The smallest absolute Gasteiger partial charge is 0.412 e. The summed E-state index contributed by atoms with van der Waals surface area (Å²) >= 11 is 0. The molecule has 0 aliphatic heterocycles. The number of nitrogens with one attached hydrogen (secondary N) is 2. The van der Waals surface area contributed by atoms with Crippen LogP contribution >= 0.6 is 0 Å². The number of carbonyl (C=O) groups is 2. The summed E-state index contributed by atoms with van der Waals surface area (Å²) in [6.07, 6.45) is 1.91. The van der Waals surface area contributed by atoms with Gasteiger partial charge in [-0.3, -0.25) is 10.6 Å². The lowest BCUT2D eigenvalue weighted by molar-refractivity contribution is 0.00245. The second-order valence-electron chi connectivity index (χ2n) is 15.3. The third-order valence-corrected chi connectivity index (χ3v) is 10.7. The zero-order valence-electron chi connectivity index (χ0n) is 35.8. The molecule has 2 amide bonds. The molecule has 2 atom stereocenters. The minimum atomic E-state index is -0.716.